The van der Waals surface area contributed by atoms with Crippen molar-refractivity contribution in [3.63, 3.8) is 0 Å². The number of aryl methyl sites for hydroxylation is 1. The van der Waals surface area contributed by atoms with Crippen LogP contribution in [0.25, 0.3) is 0 Å². The number of halogens is 1. The highest BCUT2D eigenvalue weighted by atomic mass is 79.9. The van der Waals surface area contributed by atoms with Crippen LogP contribution in [0.4, 0.5) is 11.4 Å². The molecule has 2 rings (SSSR count). The summed E-state index contributed by atoms with van der Waals surface area (Å²) < 4.78 is 1.14. The van der Waals surface area contributed by atoms with E-state index in [1.54, 1.807) is 0 Å². The summed E-state index contributed by atoms with van der Waals surface area (Å²) in [4.78, 5) is 2.21. The van der Waals surface area contributed by atoms with E-state index in [9.17, 15) is 0 Å². The zero-order chi connectivity index (χ0) is 13.1. The van der Waals surface area contributed by atoms with E-state index in [-0.39, 0.29) is 0 Å². The van der Waals surface area contributed by atoms with E-state index < -0.39 is 0 Å². The number of rotatable bonds is 3. The highest BCUT2D eigenvalue weighted by Gasteiger charge is 2.07. The van der Waals surface area contributed by atoms with Crippen molar-refractivity contribution in [3.05, 3.63) is 58.1 Å². The van der Waals surface area contributed by atoms with Crippen LogP contribution in [0.5, 0.6) is 0 Å². The fourth-order valence-electron chi connectivity index (χ4n) is 2.00. The molecular formula is C15H17BrN2. The standard InChI is InChI=1S/C15H17BrN2/c1-11-7-8-13(17)9-15(11)18(2)10-12-5-3-4-6-14(12)16/h3-9H,10,17H2,1-2H3. The maximum absolute atomic E-state index is 5.85. The molecule has 0 bridgehead atoms. The van der Waals surface area contributed by atoms with E-state index in [0.717, 1.165) is 16.7 Å². The number of benzene rings is 2. The summed E-state index contributed by atoms with van der Waals surface area (Å²) >= 11 is 3.58. The highest BCUT2D eigenvalue weighted by molar-refractivity contribution is 9.10. The van der Waals surface area contributed by atoms with Gasteiger partial charge in [0.05, 0.1) is 0 Å². The van der Waals surface area contributed by atoms with Gasteiger partial charge in [0.1, 0.15) is 0 Å². The Balaban J connectivity index is 2.25. The Kier molecular flexibility index (Phi) is 3.92. The van der Waals surface area contributed by atoms with Crippen LogP contribution in [-0.2, 0) is 6.54 Å². The molecule has 94 valence electrons. The van der Waals surface area contributed by atoms with E-state index >= 15 is 0 Å². The highest BCUT2D eigenvalue weighted by Crippen LogP contribution is 2.25. The molecule has 0 radical (unpaired) electrons. The van der Waals surface area contributed by atoms with Crippen LogP contribution in [0.3, 0.4) is 0 Å². The zero-order valence-corrected chi connectivity index (χ0v) is 12.2. The average molecular weight is 305 g/mol. The lowest BCUT2D eigenvalue weighted by molar-refractivity contribution is 0.913. The molecule has 2 aromatic carbocycles. The molecule has 2 aromatic rings. The summed E-state index contributed by atoms with van der Waals surface area (Å²) in [5, 5.41) is 0. The number of nitrogens with zero attached hydrogens (tertiary/aromatic N) is 1. The maximum atomic E-state index is 5.85. The van der Waals surface area contributed by atoms with Crippen LogP contribution < -0.4 is 10.6 Å². The van der Waals surface area contributed by atoms with Gasteiger partial charge in [-0.2, -0.15) is 0 Å². The molecule has 0 aromatic heterocycles. The van der Waals surface area contributed by atoms with Crippen molar-refractivity contribution in [2.75, 3.05) is 17.7 Å². The van der Waals surface area contributed by atoms with Gasteiger partial charge in [-0.3, -0.25) is 0 Å². The Morgan fingerprint density at radius 3 is 2.61 bits per heavy atom. The Morgan fingerprint density at radius 2 is 1.89 bits per heavy atom. The topological polar surface area (TPSA) is 29.3 Å². The molecule has 0 amide bonds. The van der Waals surface area contributed by atoms with Gasteiger partial charge in [0.2, 0.25) is 0 Å². The van der Waals surface area contributed by atoms with Crippen LogP contribution in [-0.4, -0.2) is 7.05 Å². The largest absolute Gasteiger partial charge is 0.399 e. The van der Waals surface area contributed by atoms with E-state index in [4.69, 9.17) is 5.73 Å². The second kappa shape index (κ2) is 5.44. The van der Waals surface area contributed by atoms with Gasteiger partial charge >= 0.3 is 0 Å². The predicted octanol–water partition coefficient (Wildman–Crippen LogP) is 3.98. The summed E-state index contributed by atoms with van der Waals surface area (Å²) in [6.45, 7) is 2.96. The lowest BCUT2D eigenvalue weighted by Gasteiger charge is -2.22. The smallest absolute Gasteiger partial charge is 0.0437 e. The van der Waals surface area contributed by atoms with E-state index in [1.807, 2.05) is 18.2 Å². The van der Waals surface area contributed by atoms with Crippen molar-refractivity contribution < 1.29 is 0 Å². The number of anilines is 2. The van der Waals surface area contributed by atoms with Crippen molar-refractivity contribution >= 4 is 27.3 Å². The van der Waals surface area contributed by atoms with Crippen molar-refractivity contribution in [1.82, 2.24) is 0 Å². The van der Waals surface area contributed by atoms with Crippen LogP contribution in [0.15, 0.2) is 46.9 Å². The van der Waals surface area contributed by atoms with E-state index in [1.165, 1.54) is 16.8 Å². The van der Waals surface area contributed by atoms with E-state index in [0.29, 0.717) is 0 Å². The molecule has 3 heteroatoms. The fourth-order valence-corrected chi connectivity index (χ4v) is 2.42. The summed E-state index contributed by atoms with van der Waals surface area (Å²) in [5.74, 6) is 0. The third kappa shape index (κ3) is 2.85. The van der Waals surface area contributed by atoms with Crippen LogP contribution in [0.2, 0.25) is 0 Å². The lowest BCUT2D eigenvalue weighted by Crippen LogP contribution is -2.17. The molecule has 0 aliphatic rings. The van der Waals surface area contributed by atoms with Crippen molar-refractivity contribution in [1.29, 1.82) is 0 Å². The SMILES string of the molecule is Cc1ccc(N)cc1N(C)Cc1ccccc1Br. The summed E-state index contributed by atoms with van der Waals surface area (Å²) in [6.07, 6.45) is 0. The monoisotopic (exact) mass is 304 g/mol. The third-order valence-electron chi connectivity index (χ3n) is 3.01. The first-order valence-electron chi connectivity index (χ1n) is 5.88. The summed E-state index contributed by atoms with van der Waals surface area (Å²) in [7, 11) is 2.08. The van der Waals surface area contributed by atoms with Gasteiger partial charge in [0, 0.05) is 29.4 Å². The second-order valence-electron chi connectivity index (χ2n) is 4.49. The van der Waals surface area contributed by atoms with Crippen LogP contribution >= 0.6 is 15.9 Å². The fraction of sp³-hybridized carbons (Fsp3) is 0.200. The molecule has 0 spiro atoms. The molecule has 18 heavy (non-hydrogen) atoms. The van der Waals surface area contributed by atoms with Crippen molar-refractivity contribution in [2.24, 2.45) is 0 Å². The second-order valence-corrected chi connectivity index (χ2v) is 5.35. The quantitative estimate of drug-likeness (QED) is 0.869. The van der Waals surface area contributed by atoms with Gasteiger partial charge in [-0.15, -0.1) is 0 Å². The molecule has 0 atom stereocenters. The normalized spacial score (nSPS) is 10.4. The minimum absolute atomic E-state index is 0.801. The molecule has 0 unspecified atom stereocenters. The van der Waals surface area contributed by atoms with Crippen molar-refractivity contribution in [3.8, 4) is 0 Å². The Labute approximate surface area is 117 Å². The van der Waals surface area contributed by atoms with Gasteiger partial charge in [0.25, 0.3) is 0 Å². The Bertz CT molecular complexity index is 552. The molecule has 2 nitrogen and oxygen atoms in total. The molecule has 2 N–H and O–H groups in total. The summed E-state index contributed by atoms with van der Waals surface area (Å²) in [5.41, 5.74) is 10.3. The first kappa shape index (κ1) is 13.0. The van der Waals surface area contributed by atoms with Gasteiger partial charge in [-0.05, 0) is 36.2 Å². The van der Waals surface area contributed by atoms with Crippen LogP contribution in [0, 0.1) is 6.92 Å². The molecule has 0 heterocycles. The number of hydrogen-bond acceptors (Lipinski definition) is 2. The minimum atomic E-state index is 0.801. The number of nitrogen functional groups attached to an aromatic ring is 1. The van der Waals surface area contributed by atoms with Gasteiger partial charge < -0.3 is 10.6 Å². The lowest BCUT2D eigenvalue weighted by atomic mass is 10.1. The molecule has 0 aliphatic heterocycles. The Morgan fingerprint density at radius 1 is 1.17 bits per heavy atom. The minimum Gasteiger partial charge on any atom is -0.399 e. The predicted molar refractivity (Wildman–Crippen MR) is 81.8 cm³/mol. The molecule has 0 saturated carbocycles. The zero-order valence-electron chi connectivity index (χ0n) is 10.7. The third-order valence-corrected chi connectivity index (χ3v) is 3.78. The molecular weight excluding hydrogens is 288 g/mol. The molecule has 0 saturated heterocycles. The number of hydrogen-bond donors (Lipinski definition) is 1. The molecule has 0 aliphatic carbocycles. The van der Waals surface area contributed by atoms with E-state index in [2.05, 4.69) is 59.1 Å². The first-order chi connectivity index (χ1) is 8.58. The average Bonchev–Trinajstić information content (AvgIpc) is 2.35. The number of nitrogens with two attached hydrogens (primary N) is 1. The first-order valence-corrected chi connectivity index (χ1v) is 6.68. The van der Waals surface area contributed by atoms with Gasteiger partial charge in [0.15, 0.2) is 0 Å². The summed E-state index contributed by atoms with van der Waals surface area (Å²) in [6, 6.07) is 14.3. The maximum Gasteiger partial charge on any atom is 0.0437 e. The van der Waals surface area contributed by atoms with Crippen LogP contribution in [0.1, 0.15) is 11.1 Å². The van der Waals surface area contributed by atoms with Gasteiger partial charge in [-0.25, -0.2) is 0 Å². The van der Waals surface area contributed by atoms with Gasteiger partial charge in [-0.1, -0.05) is 40.2 Å². The Hall–Kier alpha value is -1.48. The molecule has 0 fully saturated rings. The van der Waals surface area contributed by atoms with Crippen molar-refractivity contribution in [2.45, 2.75) is 13.5 Å².